The van der Waals surface area contributed by atoms with Crippen molar-refractivity contribution >= 4 is 17.4 Å². The van der Waals surface area contributed by atoms with Gasteiger partial charge in [-0.1, -0.05) is 0 Å². The van der Waals surface area contributed by atoms with Crippen LogP contribution in [0, 0.1) is 12.7 Å². The number of pyridine rings is 1. The molecule has 1 saturated heterocycles. The van der Waals surface area contributed by atoms with Crippen LogP contribution in [-0.4, -0.2) is 52.4 Å². The van der Waals surface area contributed by atoms with E-state index in [1.807, 2.05) is 16.8 Å². The Morgan fingerprint density at radius 1 is 1.36 bits per heavy atom. The van der Waals surface area contributed by atoms with E-state index >= 15 is 0 Å². The Hall–Kier alpha value is -2.48. The zero-order chi connectivity index (χ0) is 19.8. The predicted octanol–water partition coefficient (Wildman–Crippen LogP) is 2.75. The number of halogens is 1. The molecule has 0 bridgehead atoms. The summed E-state index contributed by atoms with van der Waals surface area (Å²) in [7, 11) is 1.87. The van der Waals surface area contributed by atoms with Crippen molar-refractivity contribution in [3.8, 4) is 0 Å². The second-order valence-electron chi connectivity index (χ2n) is 7.55. The monoisotopic (exact) mass is 387 g/mol. The summed E-state index contributed by atoms with van der Waals surface area (Å²) in [5.74, 6) is 0.478. The van der Waals surface area contributed by atoms with Gasteiger partial charge in [-0.05, 0) is 19.8 Å². The summed E-state index contributed by atoms with van der Waals surface area (Å²) in [6.45, 7) is 5.92. The van der Waals surface area contributed by atoms with Crippen molar-refractivity contribution < 1.29 is 13.9 Å². The first-order valence-electron chi connectivity index (χ1n) is 9.75. The smallest absolute Gasteiger partial charge is 0.219 e. The number of hydrogen-bond donors (Lipinski definition) is 0. The molecule has 0 spiro atoms. The van der Waals surface area contributed by atoms with Crippen LogP contribution in [0.2, 0.25) is 0 Å². The van der Waals surface area contributed by atoms with Gasteiger partial charge in [0.1, 0.15) is 5.82 Å². The normalized spacial score (nSPS) is 17.5. The van der Waals surface area contributed by atoms with Crippen molar-refractivity contribution in [3.63, 3.8) is 0 Å². The summed E-state index contributed by atoms with van der Waals surface area (Å²) < 4.78 is 21.7. The van der Waals surface area contributed by atoms with Gasteiger partial charge in [0.05, 0.1) is 30.2 Å². The summed E-state index contributed by atoms with van der Waals surface area (Å²) in [5.41, 5.74) is 3.22. The van der Waals surface area contributed by atoms with Gasteiger partial charge < -0.3 is 14.5 Å². The topological polar surface area (TPSA) is 63.5 Å². The summed E-state index contributed by atoms with van der Waals surface area (Å²) >= 11 is 0. The summed E-state index contributed by atoms with van der Waals surface area (Å²) in [5, 5.41) is 4.94. The lowest BCUT2D eigenvalue weighted by Gasteiger charge is -2.29. The van der Waals surface area contributed by atoms with Gasteiger partial charge in [0.25, 0.3) is 0 Å². The van der Waals surface area contributed by atoms with Crippen LogP contribution in [0.1, 0.15) is 42.8 Å². The average molecular weight is 387 g/mol. The van der Waals surface area contributed by atoms with Crippen LogP contribution in [0.5, 0.6) is 0 Å². The van der Waals surface area contributed by atoms with E-state index < -0.39 is 0 Å². The first kappa shape index (κ1) is 18.9. The molecular weight excluding hydrogens is 361 g/mol. The third kappa shape index (κ3) is 3.37. The fraction of sp³-hybridized carbons (Fsp3) is 0.550. The van der Waals surface area contributed by atoms with Crippen molar-refractivity contribution in [3.05, 3.63) is 35.0 Å². The molecule has 7 nitrogen and oxygen atoms in total. The molecule has 2 aromatic heterocycles. The molecule has 8 heteroatoms. The van der Waals surface area contributed by atoms with Crippen molar-refractivity contribution in [1.29, 1.82) is 0 Å². The van der Waals surface area contributed by atoms with Gasteiger partial charge in [-0.25, -0.2) is 4.39 Å². The minimum atomic E-state index is -0.340. The summed E-state index contributed by atoms with van der Waals surface area (Å²) in [4.78, 5) is 19.8. The minimum absolute atomic E-state index is 0.0566. The quantitative estimate of drug-likeness (QED) is 0.810. The molecule has 0 aromatic carbocycles. The molecule has 150 valence electrons. The SMILES string of the molecule is CC(=O)N1CCc2c(c(N(C)c3cnc(C)c(F)c3)nn2C2CCOCC2)C1. The van der Waals surface area contributed by atoms with Crippen LogP contribution in [-0.2, 0) is 22.5 Å². The fourth-order valence-electron chi connectivity index (χ4n) is 4.00. The van der Waals surface area contributed by atoms with E-state index in [2.05, 4.69) is 9.67 Å². The lowest BCUT2D eigenvalue weighted by Crippen LogP contribution is -2.35. The Bertz CT molecular complexity index is 891. The molecule has 0 aliphatic carbocycles. The summed E-state index contributed by atoms with van der Waals surface area (Å²) in [6, 6.07) is 1.77. The lowest BCUT2D eigenvalue weighted by molar-refractivity contribution is -0.129. The molecule has 0 radical (unpaired) electrons. The number of rotatable bonds is 3. The Morgan fingerprint density at radius 2 is 2.11 bits per heavy atom. The maximum absolute atomic E-state index is 14.1. The van der Waals surface area contributed by atoms with Gasteiger partial charge in [-0.15, -0.1) is 0 Å². The molecule has 0 saturated carbocycles. The maximum atomic E-state index is 14.1. The molecule has 1 amide bonds. The molecule has 0 unspecified atom stereocenters. The first-order chi connectivity index (χ1) is 13.5. The Morgan fingerprint density at radius 3 is 2.79 bits per heavy atom. The van der Waals surface area contributed by atoms with Crippen LogP contribution >= 0.6 is 0 Å². The third-order valence-electron chi connectivity index (χ3n) is 5.76. The van der Waals surface area contributed by atoms with Crippen molar-refractivity contribution in [2.75, 3.05) is 31.7 Å². The molecule has 4 rings (SSSR count). The number of aromatic nitrogens is 3. The molecular formula is C20H26FN5O2. The second-order valence-corrected chi connectivity index (χ2v) is 7.55. The number of hydrogen-bond acceptors (Lipinski definition) is 5. The standard InChI is InChI=1S/C20H26FN5O2/c1-13-18(21)10-16(11-22-13)24(3)20-17-12-25(14(2)27)7-4-19(17)26(23-20)15-5-8-28-9-6-15/h10-11,15H,4-9,12H2,1-3H3. The number of carbonyl (C=O) groups excluding carboxylic acids is 1. The Balaban J connectivity index is 1.75. The molecule has 2 aromatic rings. The average Bonchev–Trinajstić information content (AvgIpc) is 3.09. The second kappa shape index (κ2) is 7.50. The molecule has 4 heterocycles. The van der Waals surface area contributed by atoms with E-state index in [0.717, 1.165) is 43.9 Å². The predicted molar refractivity (Wildman–Crippen MR) is 103 cm³/mol. The number of ether oxygens (including phenoxy) is 1. The van der Waals surface area contributed by atoms with Crippen molar-refractivity contribution in [2.45, 2.75) is 45.7 Å². The largest absolute Gasteiger partial charge is 0.381 e. The number of nitrogens with zero attached hydrogens (tertiary/aromatic N) is 5. The highest BCUT2D eigenvalue weighted by molar-refractivity contribution is 5.74. The van der Waals surface area contributed by atoms with Gasteiger partial charge in [0.15, 0.2) is 5.82 Å². The molecule has 2 aliphatic rings. The highest BCUT2D eigenvalue weighted by Gasteiger charge is 2.31. The van der Waals surface area contributed by atoms with Crippen LogP contribution < -0.4 is 4.90 Å². The van der Waals surface area contributed by atoms with Gasteiger partial charge in [0.2, 0.25) is 5.91 Å². The zero-order valence-electron chi connectivity index (χ0n) is 16.6. The highest BCUT2D eigenvalue weighted by atomic mass is 19.1. The summed E-state index contributed by atoms with van der Waals surface area (Å²) in [6.07, 6.45) is 4.28. The van der Waals surface area contributed by atoms with Crippen molar-refractivity contribution in [2.24, 2.45) is 0 Å². The van der Waals surface area contributed by atoms with Crippen LogP contribution in [0.4, 0.5) is 15.9 Å². The van der Waals surface area contributed by atoms with Crippen LogP contribution in [0.15, 0.2) is 12.3 Å². The van der Waals surface area contributed by atoms with Crippen molar-refractivity contribution in [1.82, 2.24) is 19.7 Å². The molecule has 0 N–H and O–H groups in total. The van der Waals surface area contributed by atoms with Gasteiger partial charge in [-0.3, -0.25) is 14.5 Å². The van der Waals surface area contributed by atoms with E-state index in [-0.39, 0.29) is 11.7 Å². The zero-order valence-corrected chi connectivity index (χ0v) is 16.6. The first-order valence-corrected chi connectivity index (χ1v) is 9.75. The number of carbonyl (C=O) groups is 1. The number of fused-ring (bicyclic) bond motifs is 1. The van der Waals surface area contributed by atoms with E-state index in [1.165, 1.54) is 11.8 Å². The van der Waals surface area contributed by atoms with E-state index in [1.54, 1.807) is 20.0 Å². The highest BCUT2D eigenvalue weighted by Crippen LogP contribution is 2.35. The van der Waals surface area contributed by atoms with Gasteiger partial charge in [0, 0.05) is 57.5 Å². The Labute approximate surface area is 164 Å². The minimum Gasteiger partial charge on any atom is -0.381 e. The van der Waals surface area contributed by atoms with Crippen LogP contribution in [0.25, 0.3) is 0 Å². The third-order valence-corrected chi connectivity index (χ3v) is 5.76. The van der Waals surface area contributed by atoms with Gasteiger partial charge in [-0.2, -0.15) is 5.10 Å². The van der Waals surface area contributed by atoms with E-state index in [0.29, 0.717) is 30.5 Å². The maximum Gasteiger partial charge on any atom is 0.219 e. The number of anilines is 2. The Kier molecular flexibility index (Phi) is 5.05. The van der Waals surface area contributed by atoms with Crippen LogP contribution in [0.3, 0.4) is 0 Å². The fourth-order valence-corrected chi connectivity index (χ4v) is 4.00. The molecule has 28 heavy (non-hydrogen) atoms. The molecule has 2 aliphatic heterocycles. The van der Waals surface area contributed by atoms with E-state index in [9.17, 15) is 9.18 Å². The lowest BCUT2D eigenvalue weighted by atomic mass is 10.0. The van der Waals surface area contributed by atoms with Gasteiger partial charge >= 0.3 is 0 Å². The number of aryl methyl sites for hydroxylation is 1. The molecule has 0 atom stereocenters. The number of amides is 1. The van der Waals surface area contributed by atoms with E-state index in [4.69, 9.17) is 9.84 Å². The molecule has 1 fully saturated rings.